The van der Waals surface area contributed by atoms with Crippen molar-refractivity contribution in [1.29, 1.82) is 0 Å². The number of Topliss-reactive ketones (excluding diaryl/α,β-unsaturated/α-hetero) is 1. The van der Waals surface area contributed by atoms with Gasteiger partial charge in [0, 0.05) is 18.9 Å². The average Bonchev–Trinajstić information content (AvgIpc) is 2.69. The summed E-state index contributed by atoms with van der Waals surface area (Å²) in [6.07, 6.45) is 4.83. The molecular weight excluding hydrogens is 414 g/mol. The molecule has 0 spiro atoms. The largest absolute Gasteiger partial charge is 0.398 e. The van der Waals surface area contributed by atoms with Gasteiger partial charge in [0.15, 0.2) is 5.78 Å². The van der Waals surface area contributed by atoms with Crippen LogP contribution in [-0.2, 0) is 19.6 Å². The normalized spacial score (nSPS) is 32.4. The van der Waals surface area contributed by atoms with Crippen molar-refractivity contribution >= 4 is 27.4 Å². The van der Waals surface area contributed by atoms with E-state index in [0.29, 0.717) is 24.2 Å². The third-order valence-electron chi connectivity index (χ3n) is 8.44. The van der Waals surface area contributed by atoms with Crippen LogP contribution in [0, 0.1) is 29.1 Å². The molecule has 0 saturated heterocycles. The Bertz CT molecular complexity index is 1000. The molecule has 31 heavy (non-hydrogen) atoms. The number of amides is 1. The molecule has 4 N–H and O–H groups in total. The molecular formula is C23H33N3O4S. The van der Waals surface area contributed by atoms with Crippen molar-refractivity contribution in [3.63, 3.8) is 0 Å². The van der Waals surface area contributed by atoms with Crippen LogP contribution in [0.1, 0.15) is 52.4 Å². The van der Waals surface area contributed by atoms with E-state index < -0.39 is 21.0 Å². The van der Waals surface area contributed by atoms with Gasteiger partial charge in [-0.25, -0.2) is 8.42 Å². The summed E-state index contributed by atoms with van der Waals surface area (Å²) < 4.78 is 27.5. The molecule has 4 bridgehead atoms. The van der Waals surface area contributed by atoms with Gasteiger partial charge in [0.2, 0.25) is 15.9 Å². The van der Waals surface area contributed by atoms with Gasteiger partial charge in [0.05, 0.1) is 11.2 Å². The van der Waals surface area contributed by atoms with Crippen molar-refractivity contribution < 1.29 is 18.0 Å². The fourth-order valence-electron chi connectivity index (χ4n) is 6.57. The molecule has 0 aromatic heterocycles. The summed E-state index contributed by atoms with van der Waals surface area (Å²) in [5, 5.41) is 0. The van der Waals surface area contributed by atoms with Crippen molar-refractivity contribution in [3.8, 4) is 0 Å². The number of anilines is 1. The van der Waals surface area contributed by atoms with Crippen molar-refractivity contribution in [2.45, 2.75) is 62.8 Å². The van der Waals surface area contributed by atoms with Crippen molar-refractivity contribution in [2.75, 3.05) is 12.8 Å². The molecule has 2 atom stereocenters. The molecule has 0 radical (unpaired) electrons. The lowest BCUT2D eigenvalue weighted by atomic mass is 9.45. The number of para-hydroxylation sites is 1. The second kappa shape index (κ2) is 7.30. The van der Waals surface area contributed by atoms with Gasteiger partial charge in [0.25, 0.3) is 0 Å². The van der Waals surface area contributed by atoms with Gasteiger partial charge in [-0.2, -0.15) is 4.31 Å². The van der Waals surface area contributed by atoms with Gasteiger partial charge in [0.1, 0.15) is 4.90 Å². The summed E-state index contributed by atoms with van der Waals surface area (Å²) in [6, 6.07) is 6.30. The van der Waals surface area contributed by atoms with E-state index in [1.54, 1.807) is 32.0 Å². The van der Waals surface area contributed by atoms with Gasteiger partial charge >= 0.3 is 0 Å². The molecule has 4 aliphatic rings. The standard InChI is InChI=1S/C23H33N3O4S/c1-22(2,26(3)31(29,30)19-7-5-4-6-18(19)24)20(27)10-17-15-8-14-9-16(17)13-23(11-14,12-15)21(25)28/h4-7,14-17H,8-13,24H2,1-3H3,(H2,25,28). The molecule has 5 rings (SSSR count). The highest BCUT2D eigenvalue weighted by molar-refractivity contribution is 7.89. The Kier molecular flexibility index (Phi) is 5.25. The molecule has 0 aliphatic heterocycles. The van der Waals surface area contributed by atoms with E-state index in [1.807, 2.05) is 0 Å². The van der Waals surface area contributed by atoms with Crippen molar-refractivity contribution in [1.82, 2.24) is 4.31 Å². The lowest BCUT2D eigenvalue weighted by Crippen LogP contribution is -2.57. The fourth-order valence-corrected chi connectivity index (χ4v) is 8.18. The number of hydrogen-bond acceptors (Lipinski definition) is 5. The van der Waals surface area contributed by atoms with Crippen LogP contribution in [0.25, 0.3) is 0 Å². The quantitative estimate of drug-likeness (QED) is 0.622. The molecule has 1 aromatic rings. The minimum atomic E-state index is -3.93. The van der Waals surface area contributed by atoms with E-state index in [0.717, 1.165) is 36.4 Å². The van der Waals surface area contributed by atoms with Crippen LogP contribution in [0.3, 0.4) is 0 Å². The summed E-state index contributed by atoms with van der Waals surface area (Å²) in [5.41, 5.74) is 10.2. The summed E-state index contributed by atoms with van der Waals surface area (Å²) in [7, 11) is -2.49. The molecule has 2 unspecified atom stereocenters. The highest BCUT2D eigenvalue weighted by Crippen LogP contribution is 2.63. The number of carbonyl (C=O) groups excluding carboxylic acids is 2. The molecule has 170 valence electrons. The number of nitrogen functional groups attached to an aromatic ring is 1. The predicted molar refractivity (Wildman–Crippen MR) is 118 cm³/mol. The number of primary amides is 1. The first-order valence-corrected chi connectivity index (χ1v) is 12.5. The summed E-state index contributed by atoms with van der Waals surface area (Å²) in [5.74, 6) is 1.04. The Labute approximate surface area is 184 Å². The molecule has 0 heterocycles. The van der Waals surface area contributed by atoms with E-state index in [9.17, 15) is 18.0 Å². The number of ketones is 1. The van der Waals surface area contributed by atoms with Crippen LogP contribution in [0.4, 0.5) is 5.69 Å². The number of hydrogen-bond donors (Lipinski definition) is 2. The van der Waals surface area contributed by atoms with Crippen LogP contribution in [0.5, 0.6) is 0 Å². The maximum atomic E-state index is 13.4. The molecule has 7 nitrogen and oxygen atoms in total. The maximum absolute atomic E-state index is 13.4. The van der Waals surface area contributed by atoms with Crippen molar-refractivity contribution in [3.05, 3.63) is 24.3 Å². The van der Waals surface area contributed by atoms with E-state index >= 15 is 0 Å². The Morgan fingerprint density at radius 1 is 1.13 bits per heavy atom. The lowest BCUT2D eigenvalue weighted by molar-refractivity contribution is -0.152. The zero-order valence-corrected chi connectivity index (χ0v) is 19.3. The highest BCUT2D eigenvalue weighted by atomic mass is 32.2. The average molecular weight is 448 g/mol. The number of likely N-dealkylation sites (N-methyl/N-ethyl adjacent to an activating group) is 1. The summed E-state index contributed by atoms with van der Waals surface area (Å²) >= 11 is 0. The zero-order chi connectivity index (χ0) is 22.8. The fraction of sp³-hybridized carbons (Fsp3) is 0.652. The van der Waals surface area contributed by atoms with E-state index in [4.69, 9.17) is 11.5 Å². The Morgan fingerprint density at radius 2 is 1.71 bits per heavy atom. The Morgan fingerprint density at radius 3 is 2.26 bits per heavy atom. The monoisotopic (exact) mass is 447 g/mol. The van der Waals surface area contributed by atoms with Crippen LogP contribution in [0.15, 0.2) is 29.2 Å². The van der Waals surface area contributed by atoms with Gasteiger partial charge in [-0.05, 0) is 81.8 Å². The Balaban J connectivity index is 1.53. The summed E-state index contributed by atoms with van der Waals surface area (Å²) in [4.78, 5) is 25.6. The van der Waals surface area contributed by atoms with Crippen LogP contribution >= 0.6 is 0 Å². The second-order valence-electron chi connectivity index (χ2n) is 10.5. The van der Waals surface area contributed by atoms with Crippen LogP contribution in [-0.4, -0.2) is 37.0 Å². The lowest BCUT2D eigenvalue weighted by Gasteiger charge is -2.59. The number of sulfonamides is 1. The van der Waals surface area contributed by atoms with E-state index in [-0.39, 0.29) is 28.2 Å². The summed E-state index contributed by atoms with van der Waals surface area (Å²) in [6.45, 7) is 3.32. The first-order chi connectivity index (χ1) is 14.4. The topological polar surface area (TPSA) is 124 Å². The first-order valence-electron chi connectivity index (χ1n) is 11.1. The van der Waals surface area contributed by atoms with E-state index in [1.165, 1.54) is 13.1 Å². The Hall–Kier alpha value is -1.93. The third-order valence-corrected chi connectivity index (χ3v) is 10.5. The molecule has 1 aromatic carbocycles. The minimum absolute atomic E-state index is 0.0106. The molecule has 4 fully saturated rings. The van der Waals surface area contributed by atoms with E-state index in [2.05, 4.69) is 0 Å². The number of rotatable bonds is 7. The van der Waals surface area contributed by atoms with Crippen molar-refractivity contribution in [2.24, 2.45) is 34.8 Å². The molecule has 4 aliphatic carbocycles. The second-order valence-corrected chi connectivity index (χ2v) is 12.4. The number of nitrogens with zero attached hydrogens (tertiary/aromatic N) is 1. The minimum Gasteiger partial charge on any atom is -0.398 e. The molecule has 1 amide bonds. The zero-order valence-electron chi connectivity index (χ0n) is 18.5. The number of nitrogens with two attached hydrogens (primary N) is 2. The molecule has 4 saturated carbocycles. The van der Waals surface area contributed by atoms with Crippen LogP contribution < -0.4 is 11.5 Å². The number of benzene rings is 1. The van der Waals surface area contributed by atoms with Gasteiger partial charge in [-0.3, -0.25) is 9.59 Å². The first kappa shape index (κ1) is 22.3. The van der Waals surface area contributed by atoms with Gasteiger partial charge in [-0.15, -0.1) is 0 Å². The number of carbonyl (C=O) groups is 2. The van der Waals surface area contributed by atoms with Gasteiger partial charge in [-0.1, -0.05) is 12.1 Å². The third kappa shape index (κ3) is 3.48. The van der Waals surface area contributed by atoms with Crippen LogP contribution in [0.2, 0.25) is 0 Å². The smallest absolute Gasteiger partial charge is 0.245 e. The highest BCUT2D eigenvalue weighted by Gasteiger charge is 2.58. The SMILES string of the molecule is CN(C(C)(C)C(=O)CC1C2CC3CC1CC(C(N)=O)(C3)C2)S(=O)(=O)c1ccccc1N. The molecule has 8 heteroatoms. The van der Waals surface area contributed by atoms with Gasteiger partial charge < -0.3 is 11.5 Å². The predicted octanol–water partition coefficient (Wildman–Crippen LogP) is 2.55. The maximum Gasteiger partial charge on any atom is 0.245 e.